The summed E-state index contributed by atoms with van der Waals surface area (Å²) in [5.41, 5.74) is 2.11. The number of rotatable bonds is 8. The fourth-order valence-electron chi connectivity index (χ4n) is 2.25. The number of ether oxygens (including phenoxy) is 2. The van der Waals surface area contributed by atoms with E-state index in [1.54, 1.807) is 19.1 Å². The summed E-state index contributed by atoms with van der Waals surface area (Å²) in [6.45, 7) is 3.83. The van der Waals surface area contributed by atoms with Crippen LogP contribution in [-0.4, -0.2) is 24.1 Å². The molecule has 0 amide bonds. The predicted octanol–water partition coefficient (Wildman–Crippen LogP) is 3.28. The van der Waals surface area contributed by atoms with Crippen LogP contribution in [0.2, 0.25) is 0 Å². The van der Waals surface area contributed by atoms with Crippen molar-refractivity contribution in [2.75, 3.05) is 6.61 Å². The summed E-state index contributed by atoms with van der Waals surface area (Å²) >= 11 is 0. The van der Waals surface area contributed by atoms with Gasteiger partial charge in [-0.1, -0.05) is 42.0 Å². The molecule has 0 heterocycles. The normalized spacial score (nSPS) is 10.2. The maximum absolute atomic E-state index is 12.4. The molecular formula is C20H20O5. The minimum atomic E-state index is -0.991. The monoisotopic (exact) mass is 340 g/mol. The summed E-state index contributed by atoms with van der Waals surface area (Å²) in [4.78, 5) is 35.6. The third kappa shape index (κ3) is 5.28. The Kier molecular flexibility index (Phi) is 6.46. The molecule has 0 bridgehead atoms. The summed E-state index contributed by atoms with van der Waals surface area (Å²) in [5, 5.41) is 0. The smallest absolute Gasteiger partial charge is 0.375 e. The van der Waals surface area contributed by atoms with Crippen LogP contribution in [0.4, 0.5) is 0 Å². The van der Waals surface area contributed by atoms with E-state index in [0.29, 0.717) is 12.4 Å². The lowest BCUT2D eigenvalue weighted by molar-refractivity contribution is -0.153. The second-order valence-electron chi connectivity index (χ2n) is 5.52. The molecule has 25 heavy (non-hydrogen) atoms. The van der Waals surface area contributed by atoms with Crippen LogP contribution < -0.4 is 4.74 Å². The van der Waals surface area contributed by atoms with Gasteiger partial charge in [0.2, 0.25) is 5.78 Å². The highest BCUT2D eigenvalue weighted by Crippen LogP contribution is 2.23. The van der Waals surface area contributed by atoms with Gasteiger partial charge in [0.1, 0.15) is 12.4 Å². The van der Waals surface area contributed by atoms with Gasteiger partial charge in [0.25, 0.3) is 0 Å². The van der Waals surface area contributed by atoms with Crippen LogP contribution in [0, 0.1) is 6.92 Å². The number of benzene rings is 2. The maximum atomic E-state index is 12.4. The van der Waals surface area contributed by atoms with Crippen LogP contribution in [-0.2, 0) is 20.9 Å². The highest BCUT2D eigenvalue weighted by Gasteiger charge is 2.22. The van der Waals surface area contributed by atoms with Gasteiger partial charge in [0.15, 0.2) is 5.78 Å². The van der Waals surface area contributed by atoms with E-state index in [1.807, 2.05) is 43.3 Å². The second-order valence-corrected chi connectivity index (χ2v) is 5.52. The molecule has 0 atom stereocenters. The highest BCUT2D eigenvalue weighted by atomic mass is 16.5. The molecule has 0 fully saturated rings. The predicted molar refractivity (Wildman–Crippen MR) is 92.5 cm³/mol. The van der Waals surface area contributed by atoms with Crippen molar-refractivity contribution in [1.82, 2.24) is 0 Å². The number of carbonyl (C=O) groups excluding carboxylic acids is 3. The molecule has 2 aromatic rings. The fourth-order valence-corrected chi connectivity index (χ4v) is 2.25. The van der Waals surface area contributed by atoms with Crippen molar-refractivity contribution in [1.29, 1.82) is 0 Å². The first kappa shape index (κ1) is 18.4. The average molecular weight is 340 g/mol. The molecule has 0 unspecified atom stereocenters. The van der Waals surface area contributed by atoms with Crippen LogP contribution in [0.5, 0.6) is 5.75 Å². The molecular weight excluding hydrogens is 320 g/mol. The van der Waals surface area contributed by atoms with E-state index >= 15 is 0 Å². The minimum absolute atomic E-state index is 0.0919. The summed E-state index contributed by atoms with van der Waals surface area (Å²) in [7, 11) is 0. The van der Waals surface area contributed by atoms with Crippen LogP contribution in [0.3, 0.4) is 0 Å². The molecule has 0 aliphatic rings. The molecule has 5 heteroatoms. The standard InChI is InChI=1S/C20H20O5/c1-3-24-20(23)18(22)12-17(21)16-11-14(2)9-10-19(16)25-13-15-7-5-4-6-8-15/h4-11H,3,12-13H2,1-2H3. The number of aryl methyl sites for hydroxylation is 1. The molecule has 0 saturated carbocycles. The Balaban J connectivity index is 2.13. The minimum Gasteiger partial charge on any atom is -0.488 e. The Morgan fingerprint density at radius 1 is 1.00 bits per heavy atom. The summed E-state index contributed by atoms with van der Waals surface area (Å²) in [6, 6.07) is 14.7. The molecule has 0 saturated heterocycles. The van der Waals surface area contributed by atoms with Gasteiger partial charge in [-0.05, 0) is 31.5 Å². The van der Waals surface area contributed by atoms with Gasteiger partial charge in [-0.2, -0.15) is 0 Å². The SMILES string of the molecule is CCOC(=O)C(=O)CC(=O)c1cc(C)ccc1OCc1ccccc1. The summed E-state index contributed by atoms with van der Waals surface area (Å²) in [6.07, 6.45) is -0.538. The fraction of sp³-hybridized carbons (Fsp3) is 0.250. The van der Waals surface area contributed by atoms with Crippen molar-refractivity contribution in [3.05, 3.63) is 65.2 Å². The molecule has 5 nitrogen and oxygen atoms in total. The lowest BCUT2D eigenvalue weighted by atomic mass is 10.0. The molecule has 2 rings (SSSR count). The summed E-state index contributed by atoms with van der Waals surface area (Å²) in [5.74, 6) is -1.93. The molecule has 0 radical (unpaired) electrons. The van der Waals surface area contributed by atoms with Crippen LogP contribution in [0.15, 0.2) is 48.5 Å². The Bertz CT molecular complexity index is 765. The Labute approximate surface area is 146 Å². The van der Waals surface area contributed by atoms with Crippen molar-refractivity contribution in [2.45, 2.75) is 26.9 Å². The van der Waals surface area contributed by atoms with Gasteiger partial charge in [-0.3, -0.25) is 9.59 Å². The topological polar surface area (TPSA) is 69.7 Å². The number of hydrogen-bond acceptors (Lipinski definition) is 5. The molecule has 0 N–H and O–H groups in total. The zero-order valence-electron chi connectivity index (χ0n) is 14.3. The first-order valence-electron chi connectivity index (χ1n) is 8.01. The lowest BCUT2D eigenvalue weighted by Gasteiger charge is -2.11. The number of hydrogen-bond donors (Lipinski definition) is 0. The van der Waals surface area contributed by atoms with Gasteiger partial charge < -0.3 is 9.47 Å². The summed E-state index contributed by atoms with van der Waals surface area (Å²) < 4.78 is 10.4. The number of ketones is 2. The molecule has 2 aromatic carbocycles. The highest BCUT2D eigenvalue weighted by molar-refractivity contribution is 6.38. The number of Topliss-reactive ketones (excluding diaryl/α,β-unsaturated/α-hetero) is 2. The molecule has 0 spiro atoms. The third-order valence-electron chi connectivity index (χ3n) is 3.50. The van der Waals surface area contributed by atoms with E-state index in [-0.39, 0.29) is 12.2 Å². The first-order valence-corrected chi connectivity index (χ1v) is 8.01. The van der Waals surface area contributed by atoms with Gasteiger partial charge in [-0.15, -0.1) is 0 Å². The maximum Gasteiger partial charge on any atom is 0.375 e. The Hall–Kier alpha value is -2.95. The van der Waals surface area contributed by atoms with E-state index in [9.17, 15) is 14.4 Å². The van der Waals surface area contributed by atoms with E-state index in [1.165, 1.54) is 0 Å². The third-order valence-corrected chi connectivity index (χ3v) is 3.50. The quantitative estimate of drug-likeness (QED) is 0.319. The van der Waals surface area contributed by atoms with Crippen LogP contribution in [0.25, 0.3) is 0 Å². The van der Waals surface area contributed by atoms with Crippen LogP contribution in [0.1, 0.15) is 34.8 Å². The van der Waals surface area contributed by atoms with E-state index in [4.69, 9.17) is 4.74 Å². The van der Waals surface area contributed by atoms with Crippen LogP contribution >= 0.6 is 0 Å². The molecule has 130 valence electrons. The van der Waals surface area contributed by atoms with Crippen molar-refractivity contribution in [3.8, 4) is 5.75 Å². The van der Waals surface area contributed by atoms with Gasteiger partial charge >= 0.3 is 5.97 Å². The zero-order chi connectivity index (χ0) is 18.2. The molecule has 0 aromatic heterocycles. The molecule has 0 aliphatic heterocycles. The van der Waals surface area contributed by atoms with E-state index in [0.717, 1.165) is 11.1 Å². The first-order chi connectivity index (χ1) is 12.0. The zero-order valence-corrected chi connectivity index (χ0v) is 14.3. The van der Waals surface area contributed by atoms with Crippen molar-refractivity contribution in [3.63, 3.8) is 0 Å². The molecule has 0 aliphatic carbocycles. The Morgan fingerprint density at radius 2 is 1.72 bits per heavy atom. The number of esters is 1. The Morgan fingerprint density at radius 3 is 2.40 bits per heavy atom. The number of carbonyl (C=O) groups is 3. The largest absolute Gasteiger partial charge is 0.488 e. The van der Waals surface area contributed by atoms with Gasteiger partial charge in [0.05, 0.1) is 18.6 Å². The van der Waals surface area contributed by atoms with Gasteiger partial charge in [0, 0.05) is 0 Å². The second kappa shape index (κ2) is 8.78. The van der Waals surface area contributed by atoms with E-state index in [2.05, 4.69) is 4.74 Å². The van der Waals surface area contributed by atoms with E-state index < -0.39 is 24.0 Å². The van der Waals surface area contributed by atoms with Crippen molar-refractivity contribution in [2.24, 2.45) is 0 Å². The van der Waals surface area contributed by atoms with Crippen molar-refractivity contribution >= 4 is 17.5 Å². The van der Waals surface area contributed by atoms with Crippen molar-refractivity contribution < 1.29 is 23.9 Å². The average Bonchev–Trinajstić information content (AvgIpc) is 2.61. The lowest BCUT2D eigenvalue weighted by Crippen LogP contribution is -2.21. The van der Waals surface area contributed by atoms with Gasteiger partial charge in [-0.25, -0.2) is 4.79 Å².